The van der Waals surface area contributed by atoms with Crippen LogP contribution in [0.25, 0.3) is 0 Å². The molecule has 1 aromatic heterocycles. The van der Waals surface area contributed by atoms with Crippen LogP contribution in [0.15, 0.2) is 31.0 Å². The molecule has 0 aromatic carbocycles. The number of nitrogens with zero attached hydrogens (tertiary/aromatic N) is 1. The van der Waals surface area contributed by atoms with Crippen molar-refractivity contribution in [1.29, 1.82) is 0 Å². The molecule has 0 saturated carbocycles. The van der Waals surface area contributed by atoms with Crippen LogP contribution in [0, 0.1) is 0 Å². The molecule has 0 bridgehead atoms. The summed E-state index contributed by atoms with van der Waals surface area (Å²) in [6.45, 7) is 5.45. The first-order valence-electron chi connectivity index (χ1n) is 5.28. The Kier molecular flexibility index (Phi) is 5.16. The number of rotatable bonds is 6. The number of amides is 1. The van der Waals surface area contributed by atoms with E-state index in [4.69, 9.17) is 9.84 Å². The van der Waals surface area contributed by atoms with E-state index in [1.807, 2.05) is 0 Å². The Balaban J connectivity index is 2.51. The van der Waals surface area contributed by atoms with Gasteiger partial charge in [-0.2, -0.15) is 0 Å². The molecule has 0 aliphatic carbocycles. The van der Waals surface area contributed by atoms with E-state index in [0.29, 0.717) is 18.0 Å². The number of hydrogen-bond donors (Lipinski definition) is 2. The van der Waals surface area contributed by atoms with Gasteiger partial charge in [-0.15, -0.1) is 6.58 Å². The zero-order valence-electron chi connectivity index (χ0n) is 9.72. The molecule has 1 heterocycles. The minimum atomic E-state index is -0.600. The van der Waals surface area contributed by atoms with Gasteiger partial charge in [-0.3, -0.25) is 9.78 Å². The summed E-state index contributed by atoms with van der Waals surface area (Å²) in [5.74, 6) is 0.277. The highest BCUT2D eigenvalue weighted by Crippen LogP contribution is 2.11. The summed E-state index contributed by atoms with van der Waals surface area (Å²) < 4.78 is 5.38. The van der Waals surface area contributed by atoms with Crippen molar-refractivity contribution in [2.75, 3.05) is 6.54 Å². The fourth-order valence-electron chi connectivity index (χ4n) is 1.15. The highest BCUT2D eigenvalue weighted by atomic mass is 16.5. The lowest BCUT2D eigenvalue weighted by atomic mass is 10.3. The number of nitrogens with one attached hydrogen (secondary N) is 1. The minimum absolute atomic E-state index is 0.115. The van der Waals surface area contributed by atoms with Crippen LogP contribution in [0.5, 0.6) is 5.75 Å². The summed E-state index contributed by atoms with van der Waals surface area (Å²) in [4.78, 5) is 15.4. The Morgan fingerprint density at radius 2 is 2.47 bits per heavy atom. The molecule has 2 N–H and O–H groups in total. The van der Waals surface area contributed by atoms with Gasteiger partial charge >= 0.3 is 0 Å². The van der Waals surface area contributed by atoms with Crippen LogP contribution in [0.1, 0.15) is 12.6 Å². The van der Waals surface area contributed by atoms with Gasteiger partial charge in [0.05, 0.1) is 18.5 Å². The zero-order valence-corrected chi connectivity index (χ0v) is 9.72. The predicted octanol–water partition coefficient (Wildman–Crippen LogP) is 0.643. The van der Waals surface area contributed by atoms with Crippen molar-refractivity contribution in [3.63, 3.8) is 0 Å². The molecular weight excluding hydrogens is 220 g/mol. The van der Waals surface area contributed by atoms with Crippen molar-refractivity contribution in [3.05, 3.63) is 36.7 Å². The third-order valence-electron chi connectivity index (χ3n) is 2.06. The molecule has 0 spiro atoms. The smallest absolute Gasteiger partial charge is 0.261 e. The summed E-state index contributed by atoms with van der Waals surface area (Å²) in [5.41, 5.74) is 0.557. The minimum Gasteiger partial charge on any atom is -0.479 e. The van der Waals surface area contributed by atoms with Crippen molar-refractivity contribution in [1.82, 2.24) is 10.3 Å². The van der Waals surface area contributed by atoms with Crippen molar-refractivity contribution >= 4 is 5.91 Å². The Morgan fingerprint density at radius 1 is 1.71 bits per heavy atom. The number of ether oxygens (including phenoxy) is 1. The topological polar surface area (TPSA) is 71.5 Å². The Hall–Kier alpha value is -1.88. The SMILES string of the molecule is C=CCNC(=O)C(C)Oc1ccc(CO)nc1. The van der Waals surface area contributed by atoms with E-state index < -0.39 is 6.10 Å². The van der Waals surface area contributed by atoms with Crippen LogP contribution < -0.4 is 10.1 Å². The monoisotopic (exact) mass is 236 g/mol. The molecule has 0 fully saturated rings. The van der Waals surface area contributed by atoms with Gasteiger partial charge in [-0.1, -0.05) is 6.08 Å². The highest BCUT2D eigenvalue weighted by molar-refractivity contribution is 5.80. The molecular formula is C12H16N2O3. The Morgan fingerprint density at radius 3 is 3.00 bits per heavy atom. The lowest BCUT2D eigenvalue weighted by Gasteiger charge is -2.13. The van der Waals surface area contributed by atoms with Crippen LogP contribution in [-0.4, -0.2) is 28.6 Å². The lowest BCUT2D eigenvalue weighted by molar-refractivity contribution is -0.127. The van der Waals surface area contributed by atoms with E-state index in [0.717, 1.165) is 0 Å². The van der Waals surface area contributed by atoms with Crippen molar-refractivity contribution in [2.45, 2.75) is 19.6 Å². The number of aromatic nitrogens is 1. The normalized spacial score (nSPS) is 11.6. The van der Waals surface area contributed by atoms with Crippen LogP contribution in [0.4, 0.5) is 0 Å². The average molecular weight is 236 g/mol. The van der Waals surface area contributed by atoms with Crippen LogP contribution >= 0.6 is 0 Å². The number of pyridine rings is 1. The quantitative estimate of drug-likeness (QED) is 0.711. The molecule has 0 saturated heterocycles. The fraction of sp³-hybridized carbons (Fsp3) is 0.333. The molecule has 1 rings (SSSR count). The second-order valence-electron chi connectivity index (χ2n) is 3.44. The molecule has 1 aromatic rings. The van der Waals surface area contributed by atoms with Gasteiger partial charge in [0, 0.05) is 6.54 Å². The maximum absolute atomic E-state index is 11.5. The summed E-state index contributed by atoms with van der Waals surface area (Å²) in [7, 11) is 0. The van der Waals surface area contributed by atoms with Crippen molar-refractivity contribution in [3.8, 4) is 5.75 Å². The maximum atomic E-state index is 11.5. The van der Waals surface area contributed by atoms with Gasteiger partial charge in [-0.05, 0) is 19.1 Å². The third-order valence-corrected chi connectivity index (χ3v) is 2.06. The second-order valence-corrected chi connectivity index (χ2v) is 3.44. The fourth-order valence-corrected chi connectivity index (χ4v) is 1.15. The van der Waals surface area contributed by atoms with E-state index in [9.17, 15) is 4.79 Å². The number of carbonyl (C=O) groups is 1. The maximum Gasteiger partial charge on any atom is 0.261 e. The summed E-state index contributed by atoms with van der Waals surface area (Å²) in [6.07, 6.45) is 2.47. The van der Waals surface area contributed by atoms with E-state index in [-0.39, 0.29) is 12.5 Å². The van der Waals surface area contributed by atoms with E-state index in [1.54, 1.807) is 25.1 Å². The first-order valence-corrected chi connectivity index (χ1v) is 5.28. The summed E-state index contributed by atoms with van der Waals surface area (Å²) in [6, 6.07) is 3.31. The molecule has 0 aliphatic heterocycles. The van der Waals surface area contributed by atoms with Gasteiger partial charge in [0.25, 0.3) is 5.91 Å². The second kappa shape index (κ2) is 6.65. The molecule has 5 heteroatoms. The van der Waals surface area contributed by atoms with Gasteiger partial charge in [0.1, 0.15) is 5.75 Å². The first kappa shape index (κ1) is 13.2. The first-order chi connectivity index (χ1) is 8.17. The molecule has 17 heavy (non-hydrogen) atoms. The van der Waals surface area contributed by atoms with Crippen molar-refractivity contribution in [2.24, 2.45) is 0 Å². The summed E-state index contributed by atoms with van der Waals surface area (Å²) in [5, 5.41) is 11.5. The number of carbonyl (C=O) groups excluding carboxylic acids is 1. The van der Waals surface area contributed by atoms with Crippen LogP contribution in [0.2, 0.25) is 0 Å². The van der Waals surface area contributed by atoms with Crippen LogP contribution in [0.3, 0.4) is 0 Å². The zero-order chi connectivity index (χ0) is 12.7. The predicted molar refractivity (Wildman–Crippen MR) is 63.5 cm³/mol. The van der Waals surface area contributed by atoms with Gasteiger partial charge in [0.15, 0.2) is 6.10 Å². The van der Waals surface area contributed by atoms with Crippen LogP contribution in [-0.2, 0) is 11.4 Å². The van der Waals surface area contributed by atoms with E-state index in [2.05, 4.69) is 16.9 Å². The Labute approximate surface area is 100 Å². The molecule has 1 unspecified atom stereocenters. The van der Waals surface area contributed by atoms with E-state index >= 15 is 0 Å². The molecule has 5 nitrogen and oxygen atoms in total. The van der Waals surface area contributed by atoms with Gasteiger partial charge in [0.2, 0.25) is 0 Å². The number of aliphatic hydroxyl groups is 1. The average Bonchev–Trinajstić information content (AvgIpc) is 2.36. The largest absolute Gasteiger partial charge is 0.479 e. The summed E-state index contributed by atoms with van der Waals surface area (Å²) >= 11 is 0. The number of hydrogen-bond acceptors (Lipinski definition) is 4. The highest BCUT2D eigenvalue weighted by Gasteiger charge is 2.13. The molecule has 92 valence electrons. The molecule has 0 radical (unpaired) electrons. The molecule has 0 aliphatic rings. The van der Waals surface area contributed by atoms with Crippen molar-refractivity contribution < 1.29 is 14.6 Å². The third kappa shape index (κ3) is 4.24. The number of aliphatic hydroxyl groups excluding tert-OH is 1. The van der Waals surface area contributed by atoms with Gasteiger partial charge in [-0.25, -0.2) is 0 Å². The lowest BCUT2D eigenvalue weighted by Crippen LogP contribution is -2.36. The van der Waals surface area contributed by atoms with Gasteiger partial charge < -0.3 is 15.2 Å². The molecule has 1 amide bonds. The standard InChI is InChI=1S/C12H16N2O3/c1-3-6-13-12(16)9(2)17-11-5-4-10(8-15)14-7-11/h3-5,7,9,15H,1,6,8H2,2H3,(H,13,16). The molecule has 1 atom stereocenters. The van der Waals surface area contributed by atoms with E-state index in [1.165, 1.54) is 6.20 Å². The Bertz CT molecular complexity index is 376.